The maximum Gasteiger partial charge on any atom is 0.173 e. The highest BCUT2D eigenvalue weighted by atomic mass is 32.1. The first kappa shape index (κ1) is 20.5. The molecule has 0 amide bonds. The molecule has 0 bridgehead atoms. The number of nitrogens with one attached hydrogen (secondary N) is 1. The third kappa shape index (κ3) is 7.18. The van der Waals surface area contributed by atoms with E-state index in [9.17, 15) is 0 Å². The molecule has 2 rings (SSSR count). The Morgan fingerprint density at radius 3 is 2.62 bits per heavy atom. The van der Waals surface area contributed by atoms with Gasteiger partial charge in [-0.1, -0.05) is 25.5 Å². The molecule has 5 heteroatoms. The Balaban J connectivity index is 1.92. The lowest BCUT2D eigenvalue weighted by Crippen LogP contribution is -2.36. The second kappa shape index (κ2) is 11.0. The van der Waals surface area contributed by atoms with Crippen LogP contribution in [0.3, 0.4) is 0 Å². The minimum Gasteiger partial charge on any atom is -0.467 e. The molecule has 142 valence electrons. The molecular weight excluding hydrogens is 342 g/mol. The van der Waals surface area contributed by atoms with Gasteiger partial charge in [0.2, 0.25) is 0 Å². The molecule has 0 fully saturated rings. The fraction of sp³-hybridized carbons (Fsp3) is 0.476. The normalized spacial score (nSPS) is 10.9. The van der Waals surface area contributed by atoms with E-state index >= 15 is 0 Å². The van der Waals surface area contributed by atoms with Gasteiger partial charge >= 0.3 is 0 Å². The van der Waals surface area contributed by atoms with E-state index in [1.807, 2.05) is 24.3 Å². The Hall–Kier alpha value is -1.85. The Morgan fingerprint density at radius 1 is 1.12 bits per heavy atom. The molecule has 0 atom stereocenters. The van der Waals surface area contributed by atoms with Crippen LogP contribution < -0.4 is 5.32 Å². The van der Waals surface area contributed by atoms with Crippen LogP contribution in [0.1, 0.15) is 37.5 Å². The molecule has 2 aromatic rings. The maximum absolute atomic E-state index is 5.68. The highest BCUT2D eigenvalue weighted by molar-refractivity contribution is 7.80. The van der Waals surface area contributed by atoms with Crippen LogP contribution in [-0.2, 0) is 6.54 Å². The molecule has 0 aliphatic heterocycles. The zero-order chi connectivity index (χ0) is 18.8. The van der Waals surface area contributed by atoms with Crippen molar-refractivity contribution in [3.05, 3.63) is 54.0 Å². The molecule has 0 saturated carbocycles. The number of furan rings is 1. The van der Waals surface area contributed by atoms with Gasteiger partial charge in [0.25, 0.3) is 0 Å². The first-order valence-corrected chi connectivity index (χ1v) is 9.83. The lowest BCUT2D eigenvalue weighted by atomic mass is 10.2. The molecule has 0 radical (unpaired) electrons. The molecule has 1 N–H and O–H groups in total. The number of hydrogen-bond acceptors (Lipinski definition) is 3. The molecule has 1 heterocycles. The number of anilines is 1. The standard InChI is InChI=1S/C21H31N3OS/c1-4-5-12-23(3)13-8-14-24(17-20-11-7-15-25-20)21(26)22-19-10-6-9-18(2)16-19/h6-7,9-11,15-16H,4-5,8,12-14,17H2,1-3H3,(H,22,26). The maximum atomic E-state index is 5.68. The second-order valence-electron chi connectivity index (χ2n) is 6.81. The minimum atomic E-state index is 0.684. The van der Waals surface area contributed by atoms with E-state index in [2.05, 4.69) is 48.1 Å². The van der Waals surface area contributed by atoms with E-state index in [-0.39, 0.29) is 0 Å². The number of hydrogen-bond donors (Lipinski definition) is 1. The summed E-state index contributed by atoms with van der Waals surface area (Å²) in [7, 11) is 2.19. The number of nitrogens with zero attached hydrogens (tertiary/aromatic N) is 2. The van der Waals surface area contributed by atoms with Gasteiger partial charge in [0, 0.05) is 12.2 Å². The summed E-state index contributed by atoms with van der Waals surface area (Å²) >= 11 is 5.68. The Kier molecular flexibility index (Phi) is 8.65. The van der Waals surface area contributed by atoms with Gasteiger partial charge in [-0.2, -0.15) is 0 Å². The van der Waals surface area contributed by atoms with Crippen LogP contribution in [0.15, 0.2) is 47.1 Å². The summed E-state index contributed by atoms with van der Waals surface area (Å²) in [5.41, 5.74) is 2.24. The molecule has 0 aliphatic rings. The third-order valence-electron chi connectivity index (χ3n) is 4.34. The Morgan fingerprint density at radius 2 is 1.92 bits per heavy atom. The highest BCUT2D eigenvalue weighted by Gasteiger charge is 2.13. The third-order valence-corrected chi connectivity index (χ3v) is 4.70. The SMILES string of the molecule is CCCCN(C)CCCN(Cc1ccco1)C(=S)Nc1cccc(C)c1. The van der Waals surface area contributed by atoms with Crippen molar-refractivity contribution in [1.82, 2.24) is 9.80 Å². The summed E-state index contributed by atoms with van der Waals surface area (Å²) in [6.45, 7) is 8.12. The molecule has 0 spiro atoms. The van der Waals surface area contributed by atoms with Gasteiger partial charge in [-0.05, 0) is 81.9 Å². The molecule has 4 nitrogen and oxygen atoms in total. The predicted molar refractivity (Wildman–Crippen MR) is 114 cm³/mol. The summed E-state index contributed by atoms with van der Waals surface area (Å²) < 4.78 is 5.52. The lowest BCUT2D eigenvalue weighted by Gasteiger charge is -2.26. The van der Waals surface area contributed by atoms with Crippen molar-refractivity contribution in [1.29, 1.82) is 0 Å². The van der Waals surface area contributed by atoms with Gasteiger partial charge in [-0.15, -0.1) is 0 Å². The van der Waals surface area contributed by atoms with Crippen LogP contribution >= 0.6 is 12.2 Å². The van der Waals surface area contributed by atoms with E-state index in [1.54, 1.807) is 6.26 Å². The molecule has 1 aromatic heterocycles. The van der Waals surface area contributed by atoms with Crippen LogP contribution in [0.2, 0.25) is 0 Å². The average Bonchev–Trinajstić information content (AvgIpc) is 3.12. The Labute approximate surface area is 163 Å². The van der Waals surface area contributed by atoms with Gasteiger partial charge in [0.15, 0.2) is 5.11 Å². The van der Waals surface area contributed by atoms with Crippen molar-refractivity contribution in [3.8, 4) is 0 Å². The lowest BCUT2D eigenvalue weighted by molar-refractivity contribution is 0.293. The smallest absolute Gasteiger partial charge is 0.173 e. The van der Waals surface area contributed by atoms with E-state index < -0.39 is 0 Å². The van der Waals surface area contributed by atoms with Crippen LogP contribution in [0.25, 0.3) is 0 Å². The van der Waals surface area contributed by atoms with E-state index in [0.717, 1.165) is 42.6 Å². The summed E-state index contributed by atoms with van der Waals surface area (Å²) in [5.74, 6) is 0.928. The van der Waals surface area contributed by atoms with Crippen LogP contribution in [0.4, 0.5) is 5.69 Å². The summed E-state index contributed by atoms with van der Waals surface area (Å²) in [4.78, 5) is 4.58. The molecule has 0 aliphatic carbocycles. The minimum absolute atomic E-state index is 0.684. The van der Waals surface area contributed by atoms with Gasteiger partial charge in [-0.3, -0.25) is 0 Å². The zero-order valence-corrected chi connectivity index (χ0v) is 17.0. The van der Waals surface area contributed by atoms with Crippen molar-refractivity contribution in [2.75, 3.05) is 32.0 Å². The fourth-order valence-electron chi connectivity index (χ4n) is 2.84. The topological polar surface area (TPSA) is 31.6 Å². The number of unbranched alkanes of at least 4 members (excludes halogenated alkanes) is 1. The summed E-state index contributed by atoms with van der Waals surface area (Å²) in [6.07, 6.45) is 5.26. The first-order valence-electron chi connectivity index (χ1n) is 9.42. The number of benzene rings is 1. The molecule has 1 aromatic carbocycles. The number of thiocarbonyl (C=S) groups is 1. The van der Waals surface area contributed by atoms with Crippen LogP contribution in [0.5, 0.6) is 0 Å². The summed E-state index contributed by atoms with van der Waals surface area (Å²) in [6, 6.07) is 12.2. The van der Waals surface area contributed by atoms with E-state index in [1.165, 1.54) is 18.4 Å². The van der Waals surface area contributed by atoms with Crippen molar-refractivity contribution in [2.45, 2.75) is 39.7 Å². The fourth-order valence-corrected chi connectivity index (χ4v) is 3.11. The largest absolute Gasteiger partial charge is 0.467 e. The molecular formula is C21H31N3OS. The van der Waals surface area contributed by atoms with Gasteiger partial charge in [0.05, 0.1) is 12.8 Å². The van der Waals surface area contributed by atoms with Gasteiger partial charge in [0.1, 0.15) is 5.76 Å². The van der Waals surface area contributed by atoms with Gasteiger partial charge < -0.3 is 19.5 Å². The predicted octanol–water partition coefficient (Wildman–Crippen LogP) is 4.91. The van der Waals surface area contributed by atoms with Crippen LogP contribution in [0, 0.1) is 6.92 Å². The molecule has 0 saturated heterocycles. The monoisotopic (exact) mass is 373 g/mol. The van der Waals surface area contributed by atoms with Crippen molar-refractivity contribution in [2.24, 2.45) is 0 Å². The number of rotatable bonds is 10. The first-order chi connectivity index (χ1) is 12.6. The van der Waals surface area contributed by atoms with E-state index in [0.29, 0.717) is 6.54 Å². The zero-order valence-electron chi connectivity index (χ0n) is 16.2. The van der Waals surface area contributed by atoms with E-state index in [4.69, 9.17) is 16.6 Å². The van der Waals surface area contributed by atoms with Crippen LogP contribution in [-0.4, -0.2) is 41.6 Å². The summed E-state index contributed by atoms with van der Waals surface area (Å²) in [5, 5.41) is 4.11. The van der Waals surface area contributed by atoms with Crippen molar-refractivity contribution < 1.29 is 4.42 Å². The molecule has 26 heavy (non-hydrogen) atoms. The molecule has 0 unspecified atom stereocenters. The highest BCUT2D eigenvalue weighted by Crippen LogP contribution is 2.13. The van der Waals surface area contributed by atoms with Crippen molar-refractivity contribution >= 4 is 23.0 Å². The average molecular weight is 374 g/mol. The number of aryl methyl sites for hydroxylation is 1. The van der Waals surface area contributed by atoms with Crippen molar-refractivity contribution in [3.63, 3.8) is 0 Å². The Bertz CT molecular complexity index is 657. The second-order valence-corrected chi connectivity index (χ2v) is 7.20. The quantitative estimate of drug-likeness (QED) is 0.598. The van der Waals surface area contributed by atoms with Gasteiger partial charge in [-0.25, -0.2) is 0 Å².